The molecule has 6 rings (SSSR count). The van der Waals surface area contributed by atoms with E-state index < -0.39 is 37.0 Å². The highest BCUT2D eigenvalue weighted by atomic mass is 16.7. The fourth-order valence-electron chi connectivity index (χ4n) is 6.17. The monoisotopic (exact) mass is 654 g/mol. The summed E-state index contributed by atoms with van der Waals surface area (Å²) in [4.78, 5) is 0. The zero-order valence-electron chi connectivity index (χ0n) is 27.4. The van der Waals surface area contributed by atoms with Gasteiger partial charge in [-0.3, -0.25) is 0 Å². The van der Waals surface area contributed by atoms with Gasteiger partial charge in [-0.25, -0.2) is 0 Å². The average molecular weight is 655 g/mol. The number of benzene rings is 4. The van der Waals surface area contributed by atoms with Crippen molar-refractivity contribution in [2.24, 2.45) is 0 Å². The molecule has 8 heteroatoms. The summed E-state index contributed by atoms with van der Waals surface area (Å²) in [7, 11) is 0. The summed E-state index contributed by atoms with van der Waals surface area (Å²) in [6, 6.07) is 40.0. The predicted molar refractivity (Wildman–Crippen MR) is 180 cm³/mol. The Morgan fingerprint density at radius 2 is 1.04 bits per heavy atom. The summed E-state index contributed by atoms with van der Waals surface area (Å²) >= 11 is 0. The summed E-state index contributed by atoms with van der Waals surface area (Å²) in [5.74, 6) is 0. The van der Waals surface area contributed by atoms with Crippen LogP contribution in [-0.4, -0.2) is 60.9 Å². The molecule has 0 spiro atoms. The van der Waals surface area contributed by atoms with E-state index in [1.807, 2.05) is 116 Å². The van der Waals surface area contributed by atoms with E-state index >= 15 is 0 Å². The maximum absolute atomic E-state index is 11.5. The summed E-state index contributed by atoms with van der Waals surface area (Å²) in [6.45, 7) is 3.74. The molecule has 8 atom stereocenters. The lowest BCUT2D eigenvalue weighted by atomic mass is 9.97. The third kappa shape index (κ3) is 9.81. The van der Waals surface area contributed by atoms with Crippen molar-refractivity contribution in [2.45, 2.75) is 95.4 Å². The molecule has 4 aromatic rings. The van der Waals surface area contributed by atoms with Gasteiger partial charge in [-0.05, 0) is 35.6 Å². The molecule has 0 amide bonds. The molecule has 4 aromatic carbocycles. The van der Waals surface area contributed by atoms with E-state index in [9.17, 15) is 5.11 Å². The molecule has 0 aromatic heterocycles. The lowest BCUT2D eigenvalue weighted by Crippen LogP contribution is -2.62. The molecule has 1 unspecified atom stereocenters. The first-order valence-corrected chi connectivity index (χ1v) is 16.8. The van der Waals surface area contributed by atoms with Gasteiger partial charge in [-0.1, -0.05) is 121 Å². The highest BCUT2D eigenvalue weighted by Crippen LogP contribution is 2.33. The molecule has 254 valence electrons. The molecule has 2 aliphatic rings. The van der Waals surface area contributed by atoms with E-state index in [1.165, 1.54) is 0 Å². The molecule has 2 saturated heterocycles. The van der Waals surface area contributed by atoms with Crippen LogP contribution in [0.25, 0.3) is 0 Å². The molecular weight excluding hydrogens is 608 g/mol. The molecule has 0 radical (unpaired) electrons. The van der Waals surface area contributed by atoms with Crippen LogP contribution < -0.4 is 0 Å². The van der Waals surface area contributed by atoms with Crippen molar-refractivity contribution in [3.05, 3.63) is 144 Å². The Labute approximate surface area is 283 Å². The Bertz CT molecular complexity index is 1460. The van der Waals surface area contributed by atoms with E-state index in [1.54, 1.807) is 0 Å². The summed E-state index contributed by atoms with van der Waals surface area (Å²) in [5.41, 5.74) is 4.17. The normalized spacial score (nSPS) is 27.5. The first kappa shape index (κ1) is 34.4. The van der Waals surface area contributed by atoms with Gasteiger partial charge in [-0.15, -0.1) is 0 Å². The number of rotatable bonds is 15. The minimum Gasteiger partial charge on any atom is -0.374 e. The third-order valence-electron chi connectivity index (χ3n) is 8.77. The molecule has 0 aliphatic carbocycles. The molecule has 8 nitrogen and oxygen atoms in total. The van der Waals surface area contributed by atoms with E-state index in [-0.39, 0.29) is 18.8 Å². The predicted octanol–water partition coefficient (Wildman–Crippen LogP) is 6.59. The van der Waals surface area contributed by atoms with E-state index in [0.717, 1.165) is 28.7 Å². The Kier molecular flexibility index (Phi) is 12.8. The van der Waals surface area contributed by atoms with Crippen LogP contribution in [0.4, 0.5) is 0 Å². The van der Waals surface area contributed by atoms with Crippen molar-refractivity contribution in [2.75, 3.05) is 6.61 Å². The molecular formula is C40H46O8. The second-order valence-corrected chi connectivity index (χ2v) is 12.4. The van der Waals surface area contributed by atoms with Gasteiger partial charge < -0.3 is 38.3 Å². The SMILES string of the molecule is C[C@@H]1OC(O[C@@H]2[C@@H](OCc3ccccc3)[C@H](OCc3ccccc3)[C@@H](COCc3ccccc3)O[C@@H]2O)CC[C@@H]1OCc1ccccc1. The zero-order valence-corrected chi connectivity index (χ0v) is 27.4. The Balaban J connectivity index is 1.16. The molecule has 2 aliphatic heterocycles. The van der Waals surface area contributed by atoms with Crippen molar-refractivity contribution in [3.63, 3.8) is 0 Å². The van der Waals surface area contributed by atoms with Gasteiger partial charge in [0.1, 0.15) is 24.4 Å². The maximum Gasteiger partial charge on any atom is 0.184 e. The highest BCUT2D eigenvalue weighted by Gasteiger charge is 2.49. The lowest BCUT2D eigenvalue weighted by Gasteiger charge is -2.46. The molecule has 0 bridgehead atoms. The van der Waals surface area contributed by atoms with Gasteiger partial charge in [0, 0.05) is 6.42 Å². The van der Waals surface area contributed by atoms with Crippen LogP contribution in [0.1, 0.15) is 42.0 Å². The molecule has 0 saturated carbocycles. The van der Waals surface area contributed by atoms with Crippen LogP contribution in [0.5, 0.6) is 0 Å². The van der Waals surface area contributed by atoms with E-state index in [0.29, 0.717) is 32.8 Å². The topological polar surface area (TPSA) is 84.8 Å². The second kappa shape index (κ2) is 17.8. The van der Waals surface area contributed by atoms with Gasteiger partial charge in [0.25, 0.3) is 0 Å². The summed E-state index contributed by atoms with van der Waals surface area (Å²) in [5, 5.41) is 11.5. The van der Waals surface area contributed by atoms with Crippen molar-refractivity contribution in [1.82, 2.24) is 0 Å². The number of aliphatic hydroxyl groups excluding tert-OH is 1. The Hall–Kier alpha value is -3.44. The standard InChI is InChI=1S/C40H46O8/c1-29-34(43-25-31-16-8-3-9-17-31)22-23-36(46-29)48-39-38(45-27-33-20-12-5-13-21-33)37(44-26-32-18-10-4-11-19-32)35(47-40(39)41)28-42-24-30-14-6-2-7-15-30/h2-21,29,34-41H,22-28H2,1H3/t29-,34-,35+,36?,37+,38-,39+,40-/m0/s1. The number of hydrogen-bond donors (Lipinski definition) is 1. The Morgan fingerprint density at radius 1 is 0.562 bits per heavy atom. The highest BCUT2D eigenvalue weighted by molar-refractivity contribution is 5.16. The molecule has 48 heavy (non-hydrogen) atoms. The number of aliphatic hydroxyl groups is 1. The van der Waals surface area contributed by atoms with Crippen LogP contribution in [0, 0.1) is 0 Å². The first-order valence-electron chi connectivity index (χ1n) is 16.8. The second-order valence-electron chi connectivity index (χ2n) is 12.4. The smallest absolute Gasteiger partial charge is 0.184 e. The van der Waals surface area contributed by atoms with E-state index in [2.05, 4.69) is 12.1 Å². The minimum absolute atomic E-state index is 0.0733. The fourth-order valence-corrected chi connectivity index (χ4v) is 6.17. The average Bonchev–Trinajstić information content (AvgIpc) is 3.13. The van der Waals surface area contributed by atoms with Crippen molar-refractivity contribution >= 4 is 0 Å². The lowest BCUT2D eigenvalue weighted by molar-refractivity contribution is -0.348. The molecule has 2 fully saturated rings. The zero-order chi connectivity index (χ0) is 33.0. The van der Waals surface area contributed by atoms with Crippen LogP contribution in [0.2, 0.25) is 0 Å². The number of ether oxygens (including phenoxy) is 7. The van der Waals surface area contributed by atoms with Crippen LogP contribution in [-0.2, 0) is 59.6 Å². The summed E-state index contributed by atoms with van der Waals surface area (Å²) in [6.07, 6.45) is -3.59. The van der Waals surface area contributed by atoms with Crippen LogP contribution in [0.15, 0.2) is 121 Å². The number of hydrogen-bond acceptors (Lipinski definition) is 8. The molecule has 2 heterocycles. The largest absolute Gasteiger partial charge is 0.374 e. The van der Waals surface area contributed by atoms with Crippen LogP contribution in [0.3, 0.4) is 0 Å². The maximum atomic E-state index is 11.5. The first-order chi connectivity index (χ1) is 23.6. The van der Waals surface area contributed by atoms with Gasteiger partial charge >= 0.3 is 0 Å². The van der Waals surface area contributed by atoms with Crippen LogP contribution >= 0.6 is 0 Å². The summed E-state index contributed by atoms with van der Waals surface area (Å²) < 4.78 is 44.6. The Morgan fingerprint density at radius 3 is 1.56 bits per heavy atom. The van der Waals surface area contributed by atoms with Crippen molar-refractivity contribution in [3.8, 4) is 0 Å². The molecule has 1 N–H and O–H groups in total. The van der Waals surface area contributed by atoms with Crippen molar-refractivity contribution < 1.29 is 38.3 Å². The van der Waals surface area contributed by atoms with Gasteiger partial charge in [0.05, 0.1) is 45.2 Å². The van der Waals surface area contributed by atoms with E-state index in [4.69, 9.17) is 33.2 Å². The minimum atomic E-state index is -1.29. The van der Waals surface area contributed by atoms with Gasteiger partial charge in [0.2, 0.25) is 0 Å². The quantitative estimate of drug-likeness (QED) is 0.154. The third-order valence-corrected chi connectivity index (χ3v) is 8.77. The van der Waals surface area contributed by atoms with Gasteiger partial charge in [-0.2, -0.15) is 0 Å². The van der Waals surface area contributed by atoms with Crippen molar-refractivity contribution in [1.29, 1.82) is 0 Å². The fraction of sp³-hybridized carbons (Fsp3) is 0.400. The van der Waals surface area contributed by atoms with Gasteiger partial charge in [0.15, 0.2) is 12.6 Å².